The molecule has 0 heterocycles. The molecule has 0 aliphatic heterocycles. The highest BCUT2D eigenvalue weighted by Gasteiger charge is 2.21. The van der Waals surface area contributed by atoms with Crippen LogP contribution in [-0.2, 0) is 6.54 Å². The Morgan fingerprint density at radius 1 is 0.562 bits per heavy atom. The third kappa shape index (κ3) is 16.7. The summed E-state index contributed by atoms with van der Waals surface area (Å²) in [4.78, 5) is 0. The van der Waals surface area contributed by atoms with Crippen LogP contribution < -0.4 is 5.73 Å². The minimum Gasteiger partial charge on any atom is -0.330 e. The highest BCUT2D eigenvalue weighted by atomic mass is 15.3. The Morgan fingerprint density at radius 2 is 0.969 bits per heavy atom. The fourth-order valence-electron chi connectivity index (χ4n) is 4.99. The zero-order valence-corrected chi connectivity index (χ0v) is 22.0. The van der Waals surface area contributed by atoms with Crippen molar-refractivity contribution in [2.75, 3.05) is 26.7 Å². The van der Waals surface area contributed by atoms with Crippen molar-refractivity contribution in [3.63, 3.8) is 0 Å². The molecule has 0 amide bonds. The molecule has 2 N–H and O–H groups in total. The van der Waals surface area contributed by atoms with Crippen LogP contribution in [0.2, 0.25) is 0 Å². The Morgan fingerprint density at radius 3 is 1.41 bits per heavy atom. The minimum atomic E-state index is 0.807. The number of nitrogens with zero attached hydrogens (tertiary/aromatic N) is 1. The predicted molar refractivity (Wildman–Crippen MR) is 144 cm³/mol. The van der Waals surface area contributed by atoms with Crippen molar-refractivity contribution in [2.45, 2.75) is 129 Å². The summed E-state index contributed by atoms with van der Waals surface area (Å²) in [5.74, 6) is 0. The maximum atomic E-state index is 5.81. The Labute approximate surface area is 201 Å². The van der Waals surface area contributed by atoms with Gasteiger partial charge in [-0.1, -0.05) is 134 Å². The molecule has 1 unspecified atom stereocenters. The van der Waals surface area contributed by atoms with E-state index in [1.54, 1.807) is 0 Å². The molecule has 0 spiro atoms. The Hall–Kier alpha value is -0.860. The van der Waals surface area contributed by atoms with Gasteiger partial charge in [-0.15, -0.1) is 0 Å². The molecule has 2 heteroatoms. The molecule has 0 bridgehead atoms. The SMILES string of the molecule is CCCCCCCCCCCCCCCCCCC[N+](C)(CCCN)Cc1ccccc1. The molecule has 0 saturated heterocycles. The van der Waals surface area contributed by atoms with E-state index in [0.29, 0.717) is 0 Å². The van der Waals surface area contributed by atoms with Crippen LogP contribution in [0.1, 0.15) is 128 Å². The third-order valence-electron chi connectivity index (χ3n) is 7.11. The van der Waals surface area contributed by atoms with Gasteiger partial charge in [0.25, 0.3) is 0 Å². The van der Waals surface area contributed by atoms with Crippen molar-refractivity contribution in [3.05, 3.63) is 35.9 Å². The van der Waals surface area contributed by atoms with Gasteiger partial charge in [-0.05, 0) is 19.4 Å². The Kier molecular flexibility index (Phi) is 18.9. The van der Waals surface area contributed by atoms with Crippen molar-refractivity contribution in [1.82, 2.24) is 0 Å². The summed E-state index contributed by atoms with van der Waals surface area (Å²) in [7, 11) is 2.43. The number of nitrogens with two attached hydrogens (primary N) is 1. The lowest BCUT2D eigenvalue weighted by molar-refractivity contribution is -0.922. The van der Waals surface area contributed by atoms with E-state index in [4.69, 9.17) is 5.73 Å². The van der Waals surface area contributed by atoms with E-state index < -0.39 is 0 Å². The maximum absolute atomic E-state index is 5.81. The van der Waals surface area contributed by atoms with Crippen molar-refractivity contribution >= 4 is 0 Å². The van der Waals surface area contributed by atoms with Gasteiger partial charge in [0.2, 0.25) is 0 Å². The average Bonchev–Trinajstić information content (AvgIpc) is 2.80. The van der Waals surface area contributed by atoms with E-state index in [0.717, 1.165) is 24.0 Å². The van der Waals surface area contributed by atoms with Crippen LogP contribution in [0.4, 0.5) is 0 Å². The molecule has 1 aromatic rings. The van der Waals surface area contributed by atoms with Crippen LogP contribution >= 0.6 is 0 Å². The maximum Gasteiger partial charge on any atom is 0.104 e. The van der Waals surface area contributed by atoms with Crippen LogP contribution in [0, 0.1) is 0 Å². The second-order valence-electron chi connectivity index (χ2n) is 10.5. The highest BCUT2D eigenvalue weighted by Crippen LogP contribution is 2.17. The standard InChI is InChI=1S/C30H57N2/c1-3-4-5-6-7-8-9-10-11-12-13-14-15-16-17-18-22-27-32(2,28-23-26-31)29-30-24-20-19-21-25-30/h19-21,24-25H,3-18,22-23,26-29,31H2,1-2H3/q+1. The van der Waals surface area contributed by atoms with Gasteiger partial charge in [0.05, 0.1) is 20.1 Å². The topological polar surface area (TPSA) is 26.0 Å². The normalized spacial score (nSPS) is 13.3. The molecular weight excluding hydrogens is 388 g/mol. The lowest BCUT2D eigenvalue weighted by Gasteiger charge is -2.35. The highest BCUT2D eigenvalue weighted by molar-refractivity contribution is 5.13. The summed E-state index contributed by atoms with van der Waals surface area (Å²) in [6.07, 6.45) is 25.6. The summed E-state index contributed by atoms with van der Waals surface area (Å²) in [5.41, 5.74) is 7.27. The smallest absolute Gasteiger partial charge is 0.104 e. The number of hydrogen-bond acceptors (Lipinski definition) is 1. The monoisotopic (exact) mass is 445 g/mol. The molecule has 0 aromatic heterocycles. The van der Waals surface area contributed by atoms with E-state index in [-0.39, 0.29) is 0 Å². The van der Waals surface area contributed by atoms with Crippen LogP contribution in [0.15, 0.2) is 30.3 Å². The lowest BCUT2D eigenvalue weighted by Crippen LogP contribution is -2.45. The fraction of sp³-hybridized carbons (Fsp3) is 0.800. The molecule has 0 fully saturated rings. The second-order valence-corrected chi connectivity index (χ2v) is 10.5. The molecule has 32 heavy (non-hydrogen) atoms. The van der Waals surface area contributed by atoms with Gasteiger partial charge in [-0.25, -0.2) is 0 Å². The zero-order chi connectivity index (χ0) is 23.2. The van der Waals surface area contributed by atoms with Gasteiger partial charge >= 0.3 is 0 Å². The first kappa shape index (κ1) is 29.2. The van der Waals surface area contributed by atoms with Crippen LogP contribution in [0.25, 0.3) is 0 Å². The van der Waals surface area contributed by atoms with E-state index in [9.17, 15) is 0 Å². The minimum absolute atomic E-state index is 0.807. The van der Waals surface area contributed by atoms with Crippen molar-refractivity contribution < 1.29 is 4.48 Å². The van der Waals surface area contributed by atoms with Crippen molar-refractivity contribution in [2.24, 2.45) is 5.73 Å². The average molecular weight is 446 g/mol. The fourth-order valence-corrected chi connectivity index (χ4v) is 4.99. The number of rotatable bonds is 23. The first-order valence-electron chi connectivity index (χ1n) is 14.3. The summed E-state index contributed by atoms with van der Waals surface area (Å²) in [5, 5.41) is 0. The van der Waals surface area contributed by atoms with Gasteiger partial charge in [-0.2, -0.15) is 0 Å². The molecule has 0 saturated carbocycles. The van der Waals surface area contributed by atoms with Crippen LogP contribution in [0.5, 0.6) is 0 Å². The molecule has 0 aliphatic rings. The first-order chi connectivity index (χ1) is 15.7. The van der Waals surface area contributed by atoms with E-state index in [1.165, 1.54) is 128 Å². The quantitative estimate of drug-likeness (QED) is 0.132. The number of benzene rings is 1. The molecule has 1 aromatic carbocycles. The summed E-state index contributed by atoms with van der Waals surface area (Å²) in [6.45, 7) is 6.73. The third-order valence-corrected chi connectivity index (χ3v) is 7.11. The van der Waals surface area contributed by atoms with Gasteiger partial charge < -0.3 is 10.2 Å². The summed E-state index contributed by atoms with van der Waals surface area (Å²) < 4.78 is 1.14. The Balaban J connectivity index is 1.96. The van der Waals surface area contributed by atoms with Gasteiger partial charge in [0.15, 0.2) is 0 Å². The lowest BCUT2D eigenvalue weighted by atomic mass is 10.0. The van der Waals surface area contributed by atoms with E-state index in [2.05, 4.69) is 44.3 Å². The molecular formula is C30H57N2+. The molecule has 0 aliphatic carbocycles. The van der Waals surface area contributed by atoms with Crippen LogP contribution in [-0.4, -0.2) is 31.2 Å². The molecule has 2 nitrogen and oxygen atoms in total. The summed E-state index contributed by atoms with van der Waals surface area (Å²) >= 11 is 0. The van der Waals surface area contributed by atoms with Gasteiger partial charge in [-0.3, -0.25) is 0 Å². The Bertz CT molecular complexity index is 501. The molecule has 1 atom stereocenters. The molecule has 1 rings (SSSR count). The van der Waals surface area contributed by atoms with Crippen LogP contribution in [0.3, 0.4) is 0 Å². The van der Waals surface area contributed by atoms with Crippen molar-refractivity contribution in [3.8, 4) is 0 Å². The number of unbranched alkanes of at least 4 members (excludes halogenated alkanes) is 16. The van der Waals surface area contributed by atoms with Crippen molar-refractivity contribution in [1.29, 1.82) is 0 Å². The molecule has 186 valence electrons. The van der Waals surface area contributed by atoms with Gasteiger partial charge in [0, 0.05) is 12.0 Å². The van der Waals surface area contributed by atoms with E-state index in [1.807, 2.05) is 0 Å². The molecule has 0 radical (unpaired) electrons. The number of hydrogen-bond donors (Lipinski definition) is 1. The predicted octanol–water partition coefficient (Wildman–Crippen LogP) is 8.63. The largest absolute Gasteiger partial charge is 0.330 e. The van der Waals surface area contributed by atoms with E-state index >= 15 is 0 Å². The van der Waals surface area contributed by atoms with Gasteiger partial charge in [0.1, 0.15) is 6.54 Å². The summed E-state index contributed by atoms with van der Waals surface area (Å²) in [6, 6.07) is 11.0. The first-order valence-corrected chi connectivity index (χ1v) is 14.3. The zero-order valence-electron chi connectivity index (χ0n) is 22.0. The second kappa shape index (κ2) is 20.7. The number of quaternary nitrogens is 1.